The highest BCUT2D eigenvalue weighted by atomic mass is 16.6. The van der Waals surface area contributed by atoms with Gasteiger partial charge >= 0.3 is 5.97 Å². The lowest BCUT2D eigenvalue weighted by Gasteiger charge is -2.59. The van der Waals surface area contributed by atoms with Gasteiger partial charge in [-0.05, 0) is 94.1 Å². The SMILES string of the molecule is C[C@@]12C[C@H](OC(=O)[C@@]1(C)O)[C@H]([C@@]1(O)CC[C@H]3[C@@H]4C[C@H]5O[C@@]56[C@@H](O)C=CC(=O)[C@]6(C)[C@H]4CC[C@@]31C)C2. The normalized spacial score (nSPS) is 64.1. The molecule has 7 rings (SSSR count). The van der Waals surface area contributed by atoms with Crippen LogP contribution in [0.3, 0.4) is 0 Å². The lowest BCUT2D eigenvalue weighted by atomic mass is 9.44. The summed E-state index contributed by atoms with van der Waals surface area (Å²) in [5, 5.41) is 34.3. The van der Waals surface area contributed by atoms with Gasteiger partial charge in [-0.2, -0.15) is 0 Å². The van der Waals surface area contributed by atoms with Crippen LogP contribution in [0.5, 0.6) is 0 Å². The van der Waals surface area contributed by atoms with Crippen molar-refractivity contribution in [3.63, 3.8) is 0 Å². The van der Waals surface area contributed by atoms with Crippen LogP contribution in [0.15, 0.2) is 12.2 Å². The topological polar surface area (TPSA) is 117 Å². The van der Waals surface area contributed by atoms with Gasteiger partial charge in [0.1, 0.15) is 17.8 Å². The third kappa shape index (κ3) is 2.23. The smallest absolute Gasteiger partial charge is 0.338 e. The van der Waals surface area contributed by atoms with Gasteiger partial charge < -0.3 is 24.8 Å². The van der Waals surface area contributed by atoms with E-state index in [-0.39, 0.29) is 47.1 Å². The number of carbonyl (C=O) groups excluding carboxylic acids is 2. The minimum absolute atomic E-state index is 0.0588. The molecule has 13 atom stereocenters. The fourth-order valence-corrected chi connectivity index (χ4v) is 10.6. The number of allylic oxidation sites excluding steroid dienone is 1. The second kappa shape index (κ2) is 6.23. The van der Waals surface area contributed by atoms with Gasteiger partial charge in [0.15, 0.2) is 11.4 Å². The second-order valence-corrected chi connectivity index (χ2v) is 13.9. The Labute approximate surface area is 206 Å². The lowest BCUT2D eigenvalue weighted by molar-refractivity contribution is -0.201. The predicted octanol–water partition coefficient (Wildman–Crippen LogP) is 2.30. The number of esters is 1. The molecule has 4 saturated carbocycles. The molecular formula is C28H38O7. The summed E-state index contributed by atoms with van der Waals surface area (Å²) >= 11 is 0. The van der Waals surface area contributed by atoms with Gasteiger partial charge in [-0.1, -0.05) is 13.8 Å². The van der Waals surface area contributed by atoms with Crippen LogP contribution in [0.2, 0.25) is 0 Å². The number of ketones is 1. The molecule has 2 saturated heterocycles. The third-order valence-corrected chi connectivity index (χ3v) is 13.0. The van der Waals surface area contributed by atoms with Gasteiger partial charge in [-0.3, -0.25) is 4.79 Å². The molecule has 0 aromatic rings. The van der Waals surface area contributed by atoms with Crippen molar-refractivity contribution >= 4 is 11.8 Å². The summed E-state index contributed by atoms with van der Waals surface area (Å²) in [6.07, 6.45) is 6.90. The first-order chi connectivity index (χ1) is 16.3. The van der Waals surface area contributed by atoms with Crippen molar-refractivity contribution in [2.75, 3.05) is 0 Å². The number of hydrogen-bond acceptors (Lipinski definition) is 7. The molecule has 0 aromatic carbocycles. The quantitative estimate of drug-likeness (QED) is 0.385. The molecule has 0 aromatic heterocycles. The summed E-state index contributed by atoms with van der Waals surface area (Å²) in [5.74, 6) is -0.163. The zero-order valence-corrected chi connectivity index (χ0v) is 21.1. The number of ether oxygens (including phenoxy) is 2. The molecule has 0 amide bonds. The minimum Gasteiger partial charge on any atom is -0.460 e. The zero-order chi connectivity index (χ0) is 25.0. The Bertz CT molecular complexity index is 1070. The van der Waals surface area contributed by atoms with E-state index < -0.39 is 39.7 Å². The molecule has 7 heteroatoms. The summed E-state index contributed by atoms with van der Waals surface area (Å²) in [7, 11) is 0. The molecule has 0 unspecified atom stereocenters. The molecule has 192 valence electrons. The molecule has 0 radical (unpaired) electrons. The van der Waals surface area contributed by atoms with E-state index in [2.05, 4.69) is 6.92 Å². The number of rotatable bonds is 1. The Morgan fingerprint density at radius 2 is 1.69 bits per heavy atom. The molecule has 3 N–H and O–H groups in total. The number of hydrogen-bond donors (Lipinski definition) is 3. The Morgan fingerprint density at radius 1 is 0.971 bits per heavy atom. The van der Waals surface area contributed by atoms with Crippen molar-refractivity contribution in [1.82, 2.24) is 0 Å². The molecule has 7 aliphatic rings. The van der Waals surface area contributed by atoms with Gasteiger partial charge in [-0.25, -0.2) is 4.79 Å². The van der Waals surface area contributed by atoms with Crippen LogP contribution < -0.4 is 0 Å². The number of aliphatic hydroxyl groups is 3. The second-order valence-electron chi connectivity index (χ2n) is 13.9. The first-order valence-corrected chi connectivity index (χ1v) is 13.5. The Balaban J connectivity index is 1.24. The Morgan fingerprint density at radius 3 is 2.43 bits per heavy atom. The molecule has 1 spiro atoms. The van der Waals surface area contributed by atoms with Gasteiger partial charge in [0, 0.05) is 11.3 Å². The third-order valence-electron chi connectivity index (χ3n) is 13.0. The summed E-state index contributed by atoms with van der Waals surface area (Å²) in [6, 6.07) is 0. The molecule has 2 aliphatic heterocycles. The standard InChI is InChI=1S/C28H38O7/c1-23-12-17(18(13-23)34-22(31)26(23,4)32)27(33)10-8-15-14-11-21-28(35-21)20(30)6-5-19(29)25(28,3)16(14)7-9-24(15,27)2/h5-6,14-18,20-21,30,32-33H,7-13H2,1-4H3/t14-,15-,16-,17+,18-,20-,21+,23+,24-,25-,26+,27-,28-/m0/s1. The largest absolute Gasteiger partial charge is 0.460 e. The Hall–Kier alpha value is -1.28. The average molecular weight is 487 g/mol. The van der Waals surface area contributed by atoms with E-state index in [1.165, 1.54) is 0 Å². The van der Waals surface area contributed by atoms with Crippen molar-refractivity contribution in [2.45, 2.75) is 108 Å². The summed E-state index contributed by atoms with van der Waals surface area (Å²) in [5.41, 5.74) is -5.08. The number of epoxide rings is 1. The van der Waals surface area contributed by atoms with Crippen LogP contribution in [-0.2, 0) is 19.1 Å². The van der Waals surface area contributed by atoms with Crippen LogP contribution in [0.1, 0.15) is 72.6 Å². The van der Waals surface area contributed by atoms with E-state index in [1.54, 1.807) is 19.1 Å². The maximum Gasteiger partial charge on any atom is 0.338 e. The molecule has 2 heterocycles. The van der Waals surface area contributed by atoms with Crippen LogP contribution in [-0.4, -0.2) is 62.2 Å². The monoisotopic (exact) mass is 486 g/mol. The van der Waals surface area contributed by atoms with Gasteiger partial charge in [-0.15, -0.1) is 0 Å². The molecular weight excluding hydrogens is 448 g/mol. The van der Waals surface area contributed by atoms with E-state index in [0.717, 1.165) is 25.7 Å². The molecule has 35 heavy (non-hydrogen) atoms. The maximum atomic E-state index is 13.3. The predicted molar refractivity (Wildman–Crippen MR) is 124 cm³/mol. The lowest BCUT2D eigenvalue weighted by Crippen LogP contribution is -2.65. The Kier molecular flexibility index (Phi) is 4.07. The number of aliphatic hydroxyl groups excluding tert-OH is 1. The van der Waals surface area contributed by atoms with Gasteiger partial charge in [0.05, 0.1) is 17.1 Å². The zero-order valence-electron chi connectivity index (χ0n) is 21.1. The van der Waals surface area contributed by atoms with E-state index in [4.69, 9.17) is 9.47 Å². The van der Waals surface area contributed by atoms with Crippen LogP contribution in [0.4, 0.5) is 0 Å². The molecule has 5 aliphatic carbocycles. The fourth-order valence-electron chi connectivity index (χ4n) is 10.6. The van der Waals surface area contributed by atoms with Crippen molar-refractivity contribution in [3.8, 4) is 0 Å². The van der Waals surface area contributed by atoms with E-state index in [9.17, 15) is 24.9 Å². The van der Waals surface area contributed by atoms with E-state index in [1.807, 2.05) is 13.8 Å². The van der Waals surface area contributed by atoms with E-state index >= 15 is 0 Å². The maximum absolute atomic E-state index is 13.3. The highest BCUT2D eigenvalue weighted by molar-refractivity contribution is 5.98. The fraction of sp³-hybridized carbons (Fsp3) is 0.857. The van der Waals surface area contributed by atoms with Crippen LogP contribution in [0, 0.1) is 39.9 Å². The van der Waals surface area contributed by atoms with Crippen molar-refractivity contribution in [2.24, 2.45) is 39.9 Å². The van der Waals surface area contributed by atoms with Crippen LogP contribution >= 0.6 is 0 Å². The first kappa shape index (κ1) is 22.9. The highest BCUT2D eigenvalue weighted by Crippen LogP contribution is 2.74. The molecule has 7 nitrogen and oxygen atoms in total. The highest BCUT2D eigenvalue weighted by Gasteiger charge is 2.81. The summed E-state index contributed by atoms with van der Waals surface area (Å²) in [6.45, 7) is 7.72. The van der Waals surface area contributed by atoms with Crippen molar-refractivity contribution < 1.29 is 34.4 Å². The van der Waals surface area contributed by atoms with Gasteiger partial charge in [0.2, 0.25) is 0 Å². The minimum atomic E-state index is -1.55. The number of fused-ring (bicyclic) bond motifs is 6. The van der Waals surface area contributed by atoms with Gasteiger partial charge in [0.25, 0.3) is 0 Å². The average Bonchev–Trinajstić information content (AvgIpc) is 3.35. The summed E-state index contributed by atoms with van der Waals surface area (Å²) in [4.78, 5) is 26.0. The first-order valence-electron chi connectivity index (χ1n) is 13.5. The van der Waals surface area contributed by atoms with Crippen molar-refractivity contribution in [3.05, 3.63) is 12.2 Å². The number of carbonyl (C=O) groups is 2. The molecule has 6 fully saturated rings. The van der Waals surface area contributed by atoms with Crippen LogP contribution in [0.25, 0.3) is 0 Å². The van der Waals surface area contributed by atoms with E-state index in [0.29, 0.717) is 19.3 Å². The summed E-state index contributed by atoms with van der Waals surface area (Å²) < 4.78 is 12.0. The van der Waals surface area contributed by atoms with Crippen molar-refractivity contribution in [1.29, 1.82) is 0 Å². The molecule has 2 bridgehead atoms.